The first kappa shape index (κ1) is 20.6. The largest absolute Gasteiger partial charge is 0.465 e. The third-order valence-electron chi connectivity index (χ3n) is 5.02. The molecule has 2 fully saturated rings. The van der Waals surface area contributed by atoms with Crippen LogP contribution in [0.4, 0.5) is 4.79 Å². The topological polar surface area (TPSA) is 115 Å². The summed E-state index contributed by atoms with van der Waals surface area (Å²) in [7, 11) is 1.27. The summed E-state index contributed by atoms with van der Waals surface area (Å²) in [6.07, 6.45) is 1.79. The summed E-state index contributed by atoms with van der Waals surface area (Å²) in [5, 5.41) is 0. The van der Waals surface area contributed by atoms with Crippen molar-refractivity contribution in [2.24, 2.45) is 0 Å². The van der Waals surface area contributed by atoms with Crippen molar-refractivity contribution in [1.29, 1.82) is 0 Å². The number of amides is 2. The molecule has 3 heterocycles. The molecule has 10 heteroatoms. The number of hydrogen-bond acceptors (Lipinski definition) is 8. The van der Waals surface area contributed by atoms with Crippen LogP contribution in [-0.2, 0) is 19.0 Å². The Labute approximate surface area is 167 Å². The molecule has 0 N–H and O–H groups in total. The third-order valence-corrected chi connectivity index (χ3v) is 5.02. The summed E-state index contributed by atoms with van der Waals surface area (Å²) in [6, 6.07) is 2.01. The summed E-state index contributed by atoms with van der Waals surface area (Å²) in [5.41, 5.74) is 0.487. The van der Waals surface area contributed by atoms with Crippen LogP contribution in [0.3, 0.4) is 0 Å². The first-order chi connectivity index (χ1) is 14.0. The van der Waals surface area contributed by atoms with Crippen molar-refractivity contribution in [2.75, 3.05) is 33.4 Å². The molecule has 2 aliphatic rings. The molecule has 0 spiro atoms. The van der Waals surface area contributed by atoms with E-state index in [1.807, 2.05) is 0 Å². The van der Waals surface area contributed by atoms with Gasteiger partial charge in [-0.2, -0.15) is 0 Å². The number of aromatic nitrogens is 1. The average Bonchev–Trinajstić information content (AvgIpc) is 3.14. The second-order valence-corrected chi connectivity index (χ2v) is 6.70. The van der Waals surface area contributed by atoms with Gasteiger partial charge in [0, 0.05) is 25.3 Å². The molecule has 156 valence electrons. The van der Waals surface area contributed by atoms with Gasteiger partial charge in [0.05, 0.1) is 19.3 Å². The zero-order valence-corrected chi connectivity index (χ0v) is 16.3. The SMILES string of the molecule is CCOC(=O)[C@@H]1COC(=O)N1C1CCN(C(=O)c2ccc(C(=O)OC)cn2)CC1. The first-order valence-corrected chi connectivity index (χ1v) is 9.41. The fourth-order valence-corrected chi connectivity index (χ4v) is 3.52. The Morgan fingerprint density at radius 3 is 2.55 bits per heavy atom. The lowest BCUT2D eigenvalue weighted by molar-refractivity contribution is -0.148. The first-order valence-electron chi connectivity index (χ1n) is 9.41. The van der Waals surface area contributed by atoms with Crippen LogP contribution in [0.5, 0.6) is 0 Å². The highest BCUT2D eigenvalue weighted by Crippen LogP contribution is 2.25. The second kappa shape index (κ2) is 8.89. The monoisotopic (exact) mass is 405 g/mol. The number of carbonyl (C=O) groups excluding carboxylic acids is 4. The van der Waals surface area contributed by atoms with Crippen LogP contribution in [-0.4, -0.2) is 84.2 Å². The fraction of sp³-hybridized carbons (Fsp3) is 0.526. The highest BCUT2D eigenvalue weighted by molar-refractivity contribution is 5.94. The maximum Gasteiger partial charge on any atom is 0.410 e. The summed E-state index contributed by atoms with van der Waals surface area (Å²) >= 11 is 0. The molecule has 1 atom stereocenters. The molecule has 29 heavy (non-hydrogen) atoms. The van der Waals surface area contributed by atoms with Gasteiger partial charge in [-0.3, -0.25) is 14.7 Å². The molecule has 2 aliphatic heterocycles. The van der Waals surface area contributed by atoms with Crippen molar-refractivity contribution in [3.05, 3.63) is 29.6 Å². The molecule has 0 bridgehead atoms. The number of piperidine rings is 1. The summed E-state index contributed by atoms with van der Waals surface area (Å²) < 4.78 is 14.7. The number of ether oxygens (including phenoxy) is 3. The summed E-state index contributed by atoms with van der Waals surface area (Å²) in [4.78, 5) is 55.5. The molecule has 0 aromatic carbocycles. The Kier molecular flexibility index (Phi) is 6.30. The van der Waals surface area contributed by atoms with Crippen molar-refractivity contribution in [3.8, 4) is 0 Å². The van der Waals surface area contributed by atoms with Crippen molar-refractivity contribution in [1.82, 2.24) is 14.8 Å². The quantitative estimate of drug-likeness (QED) is 0.523. The van der Waals surface area contributed by atoms with Gasteiger partial charge in [0.25, 0.3) is 5.91 Å². The van der Waals surface area contributed by atoms with Crippen LogP contribution >= 0.6 is 0 Å². The second-order valence-electron chi connectivity index (χ2n) is 6.70. The number of pyridine rings is 1. The van der Waals surface area contributed by atoms with Gasteiger partial charge in [0.1, 0.15) is 12.3 Å². The number of cyclic esters (lactones) is 1. The minimum atomic E-state index is -0.748. The summed E-state index contributed by atoms with van der Waals surface area (Å²) in [5.74, 6) is -1.26. The van der Waals surface area contributed by atoms with Gasteiger partial charge in [0.2, 0.25) is 0 Å². The van der Waals surface area contributed by atoms with Crippen molar-refractivity contribution in [3.63, 3.8) is 0 Å². The van der Waals surface area contributed by atoms with E-state index >= 15 is 0 Å². The van der Waals surface area contributed by atoms with Gasteiger partial charge in [-0.25, -0.2) is 14.4 Å². The molecule has 0 radical (unpaired) electrons. The number of rotatable bonds is 5. The van der Waals surface area contributed by atoms with E-state index in [1.54, 1.807) is 11.8 Å². The molecule has 1 aromatic heterocycles. The molecule has 2 saturated heterocycles. The number of hydrogen-bond donors (Lipinski definition) is 0. The molecule has 3 rings (SSSR count). The zero-order valence-electron chi connectivity index (χ0n) is 16.3. The van der Waals surface area contributed by atoms with Crippen LogP contribution < -0.4 is 0 Å². The number of carbonyl (C=O) groups is 4. The van der Waals surface area contributed by atoms with Gasteiger partial charge >= 0.3 is 18.0 Å². The highest BCUT2D eigenvalue weighted by atomic mass is 16.6. The standard InChI is InChI=1S/C19H23N3O7/c1-3-28-18(25)15-11-29-19(26)22(15)13-6-8-21(9-7-13)16(23)14-5-4-12(10-20-14)17(24)27-2/h4-5,10,13,15H,3,6-9,11H2,1-2H3/t15-/m0/s1. The van der Waals surface area contributed by atoms with E-state index in [-0.39, 0.29) is 36.4 Å². The fourth-order valence-electron chi connectivity index (χ4n) is 3.52. The van der Waals surface area contributed by atoms with Gasteiger partial charge in [-0.1, -0.05) is 0 Å². The Morgan fingerprint density at radius 2 is 1.97 bits per heavy atom. The minimum absolute atomic E-state index is 0.0206. The number of likely N-dealkylation sites (tertiary alicyclic amines) is 1. The number of methoxy groups -OCH3 is 1. The van der Waals surface area contributed by atoms with Crippen LogP contribution in [0.2, 0.25) is 0 Å². The van der Waals surface area contributed by atoms with Gasteiger partial charge in [-0.05, 0) is 31.9 Å². The van der Waals surface area contributed by atoms with Crippen molar-refractivity contribution >= 4 is 23.9 Å². The predicted octanol–water partition coefficient (Wildman–Crippen LogP) is 0.857. The predicted molar refractivity (Wildman–Crippen MR) is 98.1 cm³/mol. The van der Waals surface area contributed by atoms with E-state index in [1.165, 1.54) is 30.3 Å². The molecular weight excluding hydrogens is 382 g/mol. The van der Waals surface area contributed by atoms with Crippen LogP contribution in [0.15, 0.2) is 18.3 Å². The number of esters is 2. The molecule has 10 nitrogen and oxygen atoms in total. The lowest BCUT2D eigenvalue weighted by Crippen LogP contribution is -2.52. The average molecular weight is 405 g/mol. The maximum atomic E-state index is 12.7. The van der Waals surface area contributed by atoms with Crippen molar-refractivity contribution < 1.29 is 33.4 Å². The van der Waals surface area contributed by atoms with Crippen LogP contribution in [0.25, 0.3) is 0 Å². The molecule has 0 aliphatic carbocycles. The van der Waals surface area contributed by atoms with Crippen LogP contribution in [0, 0.1) is 0 Å². The van der Waals surface area contributed by atoms with E-state index in [9.17, 15) is 19.2 Å². The Hall–Kier alpha value is -3.17. The summed E-state index contributed by atoms with van der Waals surface area (Å²) in [6.45, 7) is 2.72. The lowest BCUT2D eigenvalue weighted by atomic mass is 10.0. The Morgan fingerprint density at radius 1 is 1.24 bits per heavy atom. The van der Waals surface area contributed by atoms with E-state index < -0.39 is 24.1 Å². The zero-order chi connectivity index (χ0) is 21.0. The maximum absolute atomic E-state index is 12.7. The van der Waals surface area contributed by atoms with E-state index in [4.69, 9.17) is 9.47 Å². The Balaban J connectivity index is 1.61. The van der Waals surface area contributed by atoms with E-state index in [0.29, 0.717) is 25.9 Å². The van der Waals surface area contributed by atoms with Gasteiger partial charge in [-0.15, -0.1) is 0 Å². The molecular formula is C19H23N3O7. The highest BCUT2D eigenvalue weighted by Gasteiger charge is 2.44. The molecule has 2 amide bonds. The number of nitrogens with zero attached hydrogens (tertiary/aromatic N) is 3. The van der Waals surface area contributed by atoms with Crippen molar-refractivity contribution in [2.45, 2.75) is 31.8 Å². The third kappa shape index (κ3) is 4.30. The molecule has 1 aromatic rings. The smallest absolute Gasteiger partial charge is 0.410 e. The van der Waals surface area contributed by atoms with Gasteiger partial charge < -0.3 is 19.1 Å². The van der Waals surface area contributed by atoms with E-state index in [2.05, 4.69) is 9.72 Å². The Bertz CT molecular complexity index is 787. The van der Waals surface area contributed by atoms with Crippen LogP contribution in [0.1, 0.15) is 40.6 Å². The molecule has 0 unspecified atom stereocenters. The lowest BCUT2D eigenvalue weighted by Gasteiger charge is -2.37. The van der Waals surface area contributed by atoms with Gasteiger partial charge in [0.15, 0.2) is 6.04 Å². The molecule has 0 saturated carbocycles. The van der Waals surface area contributed by atoms with E-state index in [0.717, 1.165) is 0 Å². The normalized spacial score (nSPS) is 19.7. The minimum Gasteiger partial charge on any atom is -0.465 e.